The molecule has 0 saturated heterocycles. The van der Waals surface area contributed by atoms with Gasteiger partial charge in [0.05, 0.1) is 9.92 Å². The number of ketones is 1. The third-order valence-corrected chi connectivity index (χ3v) is 2.18. The Balaban J connectivity index is 3.36. The van der Waals surface area contributed by atoms with Gasteiger partial charge in [-0.2, -0.15) is 0 Å². The van der Waals surface area contributed by atoms with Gasteiger partial charge in [-0.15, -0.1) is 12.6 Å². The molecule has 0 spiro atoms. The van der Waals surface area contributed by atoms with Crippen LogP contribution in [0.3, 0.4) is 0 Å². The van der Waals surface area contributed by atoms with Crippen LogP contribution in [-0.2, 0) is 0 Å². The minimum Gasteiger partial charge on any atom is -0.294 e. The minimum absolute atomic E-state index is 0.00926. The van der Waals surface area contributed by atoms with Crippen molar-refractivity contribution in [1.82, 2.24) is 0 Å². The SMILES string of the molecule is CC(=O)c1ccc(Cl)c(F)c1S. The molecule has 1 nitrogen and oxygen atoms in total. The number of halogens is 2. The molecule has 0 aliphatic heterocycles. The molecule has 1 aromatic rings. The second-order valence-electron chi connectivity index (χ2n) is 2.31. The highest BCUT2D eigenvalue weighted by atomic mass is 35.5. The van der Waals surface area contributed by atoms with Crippen molar-refractivity contribution in [2.75, 3.05) is 0 Å². The fourth-order valence-electron chi connectivity index (χ4n) is 0.824. The number of hydrogen-bond acceptors (Lipinski definition) is 2. The van der Waals surface area contributed by atoms with E-state index in [0.29, 0.717) is 0 Å². The lowest BCUT2D eigenvalue weighted by Gasteiger charge is -2.02. The van der Waals surface area contributed by atoms with Crippen LogP contribution in [0.5, 0.6) is 0 Å². The Morgan fingerprint density at radius 3 is 2.67 bits per heavy atom. The normalized spacial score (nSPS) is 10.0. The summed E-state index contributed by atoms with van der Waals surface area (Å²) in [7, 11) is 0. The second-order valence-corrected chi connectivity index (χ2v) is 3.17. The Morgan fingerprint density at radius 1 is 1.58 bits per heavy atom. The van der Waals surface area contributed by atoms with Crippen molar-refractivity contribution in [1.29, 1.82) is 0 Å². The number of benzene rings is 1. The first-order chi connectivity index (χ1) is 5.54. The number of carbonyl (C=O) groups excluding carboxylic acids is 1. The van der Waals surface area contributed by atoms with Gasteiger partial charge < -0.3 is 0 Å². The van der Waals surface area contributed by atoms with Gasteiger partial charge in [-0.1, -0.05) is 11.6 Å². The van der Waals surface area contributed by atoms with E-state index in [2.05, 4.69) is 12.6 Å². The summed E-state index contributed by atoms with van der Waals surface area (Å²) in [6.07, 6.45) is 0. The van der Waals surface area contributed by atoms with Gasteiger partial charge in [0.2, 0.25) is 0 Å². The molecule has 0 heterocycles. The van der Waals surface area contributed by atoms with E-state index in [1.807, 2.05) is 0 Å². The van der Waals surface area contributed by atoms with Crippen molar-refractivity contribution in [2.45, 2.75) is 11.8 Å². The highest BCUT2D eigenvalue weighted by Gasteiger charge is 2.11. The summed E-state index contributed by atoms with van der Waals surface area (Å²) in [4.78, 5) is 10.9. The van der Waals surface area contributed by atoms with Crippen LogP contribution in [0.1, 0.15) is 17.3 Å². The highest BCUT2D eigenvalue weighted by Crippen LogP contribution is 2.24. The fraction of sp³-hybridized carbons (Fsp3) is 0.125. The number of carbonyl (C=O) groups is 1. The molecular weight excluding hydrogens is 199 g/mol. The van der Waals surface area contributed by atoms with Crippen molar-refractivity contribution in [3.8, 4) is 0 Å². The lowest BCUT2D eigenvalue weighted by molar-refractivity contribution is 0.101. The van der Waals surface area contributed by atoms with Crippen molar-refractivity contribution >= 4 is 30.0 Å². The molecule has 1 rings (SSSR count). The molecular formula is C8H6ClFOS. The standard InChI is InChI=1S/C8H6ClFOS/c1-4(11)5-2-3-6(9)7(10)8(5)12/h2-3,12H,1H3. The largest absolute Gasteiger partial charge is 0.294 e. The van der Waals surface area contributed by atoms with Crippen molar-refractivity contribution in [3.05, 3.63) is 28.5 Å². The van der Waals surface area contributed by atoms with Crippen LogP contribution in [0, 0.1) is 5.82 Å². The first kappa shape index (κ1) is 9.55. The summed E-state index contributed by atoms with van der Waals surface area (Å²) in [6, 6.07) is 2.80. The van der Waals surface area contributed by atoms with Crippen LogP contribution in [0.25, 0.3) is 0 Å². The zero-order valence-electron chi connectivity index (χ0n) is 6.27. The van der Waals surface area contributed by atoms with E-state index in [4.69, 9.17) is 11.6 Å². The Kier molecular flexibility index (Phi) is 2.75. The van der Waals surface area contributed by atoms with Gasteiger partial charge in [0.15, 0.2) is 11.6 Å². The molecule has 4 heteroatoms. The predicted octanol–water partition coefficient (Wildman–Crippen LogP) is 2.97. The number of rotatable bonds is 1. The van der Waals surface area contributed by atoms with Gasteiger partial charge in [0.25, 0.3) is 0 Å². The lowest BCUT2D eigenvalue weighted by Crippen LogP contribution is -1.96. The summed E-state index contributed by atoms with van der Waals surface area (Å²) < 4.78 is 13.0. The second kappa shape index (κ2) is 3.46. The van der Waals surface area contributed by atoms with Crippen LogP contribution in [-0.4, -0.2) is 5.78 Å². The molecule has 0 aliphatic carbocycles. The molecule has 12 heavy (non-hydrogen) atoms. The van der Waals surface area contributed by atoms with E-state index in [0.717, 1.165) is 0 Å². The Bertz CT molecular complexity index is 338. The van der Waals surface area contributed by atoms with E-state index in [9.17, 15) is 9.18 Å². The molecule has 0 fully saturated rings. The maximum atomic E-state index is 13.0. The monoisotopic (exact) mass is 204 g/mol. The predicted molar refractivity (Wildman–Crippen MR) is 48.7 cm³/mol. The summed E-state index contributed by atoms with van der Waals surface area (Å²) in [5.41, 5.74) is 0.250. The van der Waals surface area contributed by atoms with Crippen molar-refractivity contribution < 1.29 is 9.18 Å². The minimum atomic E-state index is -0.646. The van der Waals surface area contributed by atoms with Crippen molar-refractivity contribution in [2.24, 2.45) is 0 Å². The average Bonchev–Trinajstić information content (AvgIpc) is 2.00. The van der Waals surface area contributed by atoms with E-state index in [1.165, 1.54) is 19.1 Å². The average molecular weight is 205 g/mol. The zero-order valence-corrected chi connectivity index (χ0v) is 7.92. The Hall–Kier alpha value is -0.540. The molecule has 0 aromatic heterocycles. The van der Waals surface area contributed by atoms with Crippen LogP contribution in [0.15, 0.2) is 17.0 Å². The van der Waals surface area contributed by atoms with E-state index >= 15 is 0 Å². The quantitative estimate of drug-likeness (QED) is 0.550. The van der Waals surface area contributed by atoms with Gasteiger partial charge in [0.1, 0.15) is 0 Å². The summed E-state index contributed by atoms with van der Waals surface area (Å²) in [5, 5.41) is -0.0231. The number of hydrogen-bond donors (Lipinski definition) is 1. The maximum absolute atomic E-state index is 13.0. The zero-order chi connectivity index (χ0) is 9.30. The molecule has 0 amide bonds. The third kappa shape index (κ3) is 1.62. The van der Waals surface area contributed by atoms with Crippen LogP contribution >= 0.6 is 24.2 Å². The molecule has 64 valence electrons. The molecule has 0 unspecified atom stereocenters. The van der Waals surface area contributed by atoms with E-state index in [1.54, 1.807) is 0 Å². The van der Waals surface area contributed by atoms with Gasteiger partial charge in [-0.05, 0) is 19.1 Å². The first-order valence-electron chi connectivity index (χ1n) is 3.22. The summed E-state index contributed by atoms with van der Waals surface area (Å²) >= 11 is 9.30. The molecule has 0 aliphatic rings. The highest BCUT2D eigenvalue weighted by molar-refractivity contribution is 7.80. The maximum Gasteiger partial charge on any atom is 0.161 e. The molecule has 0 N–H and O–H groups in total. The Morgan fingerprint density at radius 2 is 2.17 bits per heavy atom. The third-order valence-electron chi connectivity index (χ3n) is 1.45. The Labute approximate surface area is 79.9 Å². The van der Waals surface area contributed by atoms with Gasteiger partial charge in [0, 0.05) is 5.56 Å². The smallest absolute Gasteiger partial charge is 0.161 e. The van der Waals surface area contributed by atoms with E-state index in [-0.39, 0.29) is 21.3 Å². The van der Waals surface area contributed by atoms with Gasteiger partial charge >= 0.3 is 0 Å². The van der Waals surface area contributed by atoms with Crippen LogP contribution in [0.4, 0.5) is 4.39 Å². The van der Waals surface area contributed by atoms with Gasteiger partial charge in [-0.25, -0.2) is 4.39 Å². The van der Waals surface area contributed by atoms with Crippen molar-refractivity contribution in [3.63, 3.8) is 0 Å². The van der Waals surface area contributed by atoms with Gasteiger partial charge in [-0.3, -0.25) is 4.79 Å². The first-order valence-corrected chi connectivity index (χ1v) is 4.04. The summed E-state index contributed by atoms with van der Waals surface area (Å²) in [6.45, 7) is 1.35. The molecule has 0 radical (unpaired) electrons. The topological polar surface area (TPSA) is 17.1 Å². The fourth-order valence-corrected chi connectivity index (χ4v) is 1.40. The molecule has 0 bridgehead atoms. The van der Waals surface area contributed by atoms with E-state index < -0.39 is 5.82 Å². The van der Waals surface area contributed by atoms with Crippen LogP contribution < -0.4 is 0 Å². The number of Topliss-reactive ketones (excluding diaryl/α,β-unsaturated/α-hetero) is 1. The molecule has 1 aromatic carbocycles. The lowest BCUT2D eigenvalue weighted by atomic mass is 10.1. The number of thiol groups is 1. The summed E-state index contributed by atoms with van der Waals surface area (Å²) in [5.74, 6) is -0.872. The molecule has 0 saturated carbocycles. The molecule has 0 atom stereocenters. The van der Waals surface area contributed by atoms with Crippen LogP contribution in [0.2, 0.25) is 5.02 Å².